The molecule has 0 saturated carbocycles. The standard InChI is InChI=1S/C27H35NO3/c1-21(14-15-24-23(3)12-9-16-27(24,4)5)10-8-11-22(2)20-26(29)31-19-18-30-25-13-6-7-17-28-25/h6-8,10-11,13-15,17,20H,9,12,16,18-19H2,1-5H3/b11-8+,15-14+,21-10+,22-20+. The predicted octanol–water partition coefficient (Wildman–Crippen LogP) is 6.54. The predicted molar refractivity (Wildman–Crippen MR) is 127 cm³/mol. The van der Waals surface area contributed by atoms with Crippen LogP contribution in [0.1, 0.15) is 53.9 Å². The maximum atomic E-state index is 11.9. The molecule has 0 saturated heterocycles. The molecule has 4 heteroatoms. The Morgan fingerprint density at radius 3 is 2.68 bits per heavy atom. The summed E-state index contributed by atoms with van der Waals surface area (Å²) in [5, 5.41) is 0. The van der Waals surface area contributed by atoms with E-state index in [1.807, 2.05) is 37.3 Å². The molecule has 0 bridgehead atoms. The Balaban J connectivity index is 1.80. The number of allylic oxidation sites excluding steroid dienone is 9. The molecular formula is C27H35NO3. The minimum atomic E-state index is -0.380. The average molecular weight is 422 g/mol. The fourth-order valence-corrected chi connectivity index (χ4v) is 3.63. The van der Waals surface area contributed by atoms with Gasteiger partial charge in [-0.25, -0.2) is 9.78 Å². The number of hydrogen-bond donors (Lipinski definition) is 0. The number of esters is 1. The molecule has 1 aliphatic carbocycles. The second-order valence-electron chi connectivity index (χ2n) is 8.61. The van der Waals surface area contributed by atoms with Crippen LogP contribution >= 0.6 is 0 Å². The molecule has 1 heterocycles. The van der Waals surface area contributed by atoms with E-state index in [0.29, 0.717) is 5.88 Å². The minimum Gasteiger partial charge on any atom is -0.474 e. The highest BCUT2D eigenvalue weighted by molar-refractivity contribution is 5.83. The summed E-state index contributed by atoms with van der Waals surface area (Å²) >= 11 is 0. The molecule has 0 atom stereocenters. The maximum absolute atomic E-state index is 11.9. The Morgan fingerprint density at radius 1 is 1.16 bits per heavy atom. The normalized spacial score (nSPS) is 17.5. The van der Waals surface area contributed by atoms with Crippen molar-refractivity contribution in [3.8, 4) is 5.88 Å². The lowest BCUT2D eigenvalue weighted by atomic mass is 9.72. The number of aromatic nitrogens is 1. The second-order valence-corrected chi connectivity index (χ2v) is 8.61. The topological polar surface area (TPSA) is 48.4 Å². The molecular weight excluding hydrogens is 386 g/mol. The van der Waals surface area contributed by atoms with Gasteiger partial charge in [-0.1, -0.05) is 61.4 Å². The van der Waals surface area contributed by atoms with Crippen molar-refractivity contribution >= 4 is 5.97 Å². The molecule has 1 aromatic heterocycles. The van der Waals surface area contributed by atoms with Crippen LogP contribution in [0.3, 0.4) is 0 Å². The molecule has 0 spiro atoms. The van der Waals surface area contributed by atoms with E-state index < -0.39 is 0 Å². The van der Waals surface area contributed by atoms with Crippen molar-refractivity contribution in [1.29, 1.82) is 0 Å². The van der Waals surface area contributed by atoms with Crippen molar-refractivity contribution in [1.82, 2.24) is 4.98 Å². The maximum Gasteiger partial charge on any atom is 0.331 e. The van der Waals surface area contributed by atoms with Crippen LogP contribution in [0, 0.1) is 5.41 Å². The van der Waals surface area contributed by atoms with Crippen LogP contribution in [0.5, 0.6) is 5.88 Å². The third kappa shape index (κ3) is 8.79. The molecule has 0 radical (unpaired) electrons. The fourth-order valence-electron chi connectivity index (χ4n) is 3.63. The molecule has 31 heavy (non-hydrogen) atoms. The van der Waals surface area contributed by atoms with E-state index in [2.05, 4.69) is 44.8 Å². The molecule has 2 rings (SSSR count). The van der Waals surface area contributed by atoms with Gasteiger partial charge in [-0.3, -0.25) is 0 Å². The number of pyridine rings is 1. The van der Waals surface area contributed by atoms with Gasteiger partial charge in [0.25, 0.3) is 0 Å². The number of carbonyl (C=O) groups excluding carboxylic acids is 1. The summed E-state index contributed by atoms with van der Waals surface area (Å²) in [5.41, 5.74) is 5.20. The molecule has 0 N–H and O–H groups in total. The summed E-state index contributed by atoms with van der Waals surface area (Å²) in [7, 11) is 0. The first kappa shape index (κ1) is 24.4. The molecule has 0 amide bonds. The van der Waals surface area contributed by atoms with E-state index in [9.17, 15) is 4.79 Å². The van der Waals surface area contributed by atoms with Crippen LogP contribution in [0.25, 0.3) is 0 Å². The lowest BCUT2D eigenvalue weighted by molar-refractivity contribution is -0.138. The van der Waals surface area contributed by atoms with Crippen molar-refractivity contribution in [2.45, 2.75) is 53.9 Å². The molecule has 1 aromatic rings. The van der Waals surface area contributed by atoms with Gasteiger partial charge >= 0.3 is 5.97 Å². The summed E-state index contributed by atoms with van der Waals surface area (Å²) in [4.78, 5) is 15.9. The molecule has 1 aliphatic rings. The van der Waals surface area contributed by atoms with E-state index in [0.717, 1.165) is 5.57 Å². The highest BCUT2D eigenvalue weighted by atomic mass is 16.6. The largest absolute Gasteiger partial charge is 0.474 e. The van der Waals surface area contributed by atoms with Crippen molar-refractivity contribution in [2.75, 3.05) is 13.2 Å². The lowest BCUT2D eigenvalue weighted by Gasteiger charge is -2.32. The highest BCUT2D eigenvalue weighted by Crippen LogP contribution is 2.40. The van der Waals surface area contributed by atoms with Gasteiger partial charge in [0.15, 0.2) is 0 Å². The monoisotopic (exact) mass is 421 g/mol. The van der Waals surface area contributed by atoms with Crippen molar-refractivity contribution in [2.24, 2.45) is 5.41 Å². The average Bonchev–Trinajstić information content (AvgIpc) is 2.71. The zero-order chi connectivity index (χ0) is 22.7. The third-order valence-electron chi connectivity index (χ3n) is 5.33. The minimum absolute atomic E-state index is 0.179. The summed E-state index contributed by atoms with van der Waals surface area (Å²) < 4.78 is 10.6. The first-order chi connectivity index (χ1) is 14.8. The second kappa shape index (κ2) is 12.1. The summed E-state index contributed by atoms with van der Waals surface area (Å²) in [6.07, 6.45) is 17.2. The Kier molecular flexibility index (Phi) is 9.51. The number of carbonyl (C=O) groups is 1. The van der Waals surface area contributed by atoms with Crippen LogP contribution in [0.4, 0.5) is 0 Å². The van der Waals surface area contributed by atoms with Crippen molar-refractivity contribution in [3.63, 3.8) is 0 Å². The summed E-state index contributed by atoms with van der Waals surface area (Å²) in [6, 6.07) is 5.42. The first-order valence-corrected chi connectivity index (χ1v) is 10.9. The zero-order valence-corrected chi connectivity index (χ0v) is 19.5. The smallest absolute Gasteiger partial charge is 0.331 e. The van der Waals surface area contributed by atoms with E-state index in [-0.39, 0.29) is 24.6 Å². The van der Waals surface area contributed by atoms with E-state index in [4.69, 9.17) is 9.47 Å². The Bertz CT molecular complexity index is 886. The number of hydrogen-bond acceptors (Lipinski definition) is 4. The Morgan fingerprint density at radius 2 is 1.97 bits per heavy atom. The number of rotatable bonds is 9. The molecule has 166 valence electrons. The van der Waals surface area contributed by atoms with E-state index in [1.165, 1.54) is 42.1 Å². The van der Waals surface area contributed by atoms with Gasteiger partial charge in [0.1, 0.15) is 13.2 Å². The van der Waals surface area contributed by atoms with Crippen LogP contribution in [-0.2, 0) is 9.53 Å². The van der Waals surface area contributed by atoms with Crippen LogP contribution in [0.2, 0.25) is 0 Å². The van der Waals surface area contributed by atoms with Gasteiger partial charge in [0.05, 0.1) is 0 Å². The first-order valence-electron chi connectivity index (χ1n) is 10.9. The SMILES string of the molecule is CC1=C(/C=C/C(C)=C/C=C/C(C)=C/C(=O)OCCOc2ccccn2)C(C)(C)CCC1. The molecule has 0 fully saturated rings. The van der Waals surface area contributed by atoms with Gasteiger partial charge in [-0.15, -0.1) is 0 Å². The van der Waals surface area contributed by atoms with Gasteiger partial charge in [0, 0.05) is 18.3 Å². The van der Waals surface area contributed by atoms with E-state index >= 15 is 0 Å². The lowest BCUT2D eigenvalue weighted by Crippen LogP contribution is -2.19. The third-order valence-corrected chi connectivity index (χ3v) is 5.33. The Labute approximate surface area is 187 Å². The quantitative estimate of drug-likeness (QED) is 0.197. The fraction of sp³-hybridized carbons (Fsp3) is 0.407. The van der Waals surface area contributed by atoms with Gasteiger partial charge in [0.2, 0.25) is 5.88 Å². The van der Waals surface area contributed by atoms with Crippen LogP contribution in [0.15, 0.2) is 83.1 Å². The number of nitrogens with zero attached hydrogens (tertiary/aromatic N) is 1. The van der Waals surface area contributed by atoms with Crippen molar-refractivity contribution < 1.29 is 14.3 Å². The zero-order valence-electron chi connectivity index (χ0n) is 19.5. The van der Waals surface area contributed by atoms with E-state index in [1.54, 1.807) is 12.3 Å². The van der Waals surface area contributed by atoms with Crippen LogP contribution < -0.4 is 4.74 Å². The van der Waals surface area contributed by atoms with Gasteiger partial charge in [-0.05, 0) is 62.7 Å². The molecule has 0 aromatic carbocycles. The van der Waals surface area contributed by atoms with Gasteiger partial charge in [-0.2, -0.15) is 0 Å². The van der Waals surface area contributed by atoms with Crippen LogP contribution in [-0.4, -0.2) is 24.2 Å². The highest BCUT2D eigenvalue weighted by Gasteiger charge is 2.26. The Hall–Kier alpha value is -2.88. The molecule has 0 aliphatic heterocycles. The number of ether oxygens (including phenoxy) is 2. The summed E-state index contributed by atoms with van der Waals surface area (Å²) in [6.45, 7) is 11.3. The molecule has 0 unspecified atom stereocenters. The van der Waals surface area contributed by atoms with Crippen molar-refractivity contribution in [3.05, 3.63) is 83.1 Å². The summed E-state index contributed by atoms with van der Waals surface area (Å²) in [5.74, 6) is 0.136. The van der Waals surface area contributed by atoms with Gasteiger partial charge < -0.3 is 9.47 Å². The molecule has 4 nitrogen and oxygen atoms in total.